The summed E-state index contributed by atoms with van der Waals surface area (Å²) in [4.78, 5) is 4.62. The molecule has 0 radical (unpaired) electrons. The van der Waals surface area contributed by atoms with Crippen molar-refractivity contribution >= 4 is 43.1 Å². The highest BCUT2D eigenvalue weighted by molar-refractivity contribution is 7.24. The summed E-state index contributed by atoms with van der Waals surface area (Å²) in [7, 11) is 1.91. The third kappa shape index (κ3) is 2.17. The Morgan fingerprint density at radius 2 is 1.72 bits per heavy atom. The Labute approximate surface area is 115 Å². The summed E-state index contributed by atoms with van der Waals surface area (Å²) in [5.41, 5.74) is 9.68. The summed E-state index contributed by atoms with van der Waals surface area (Å²) in [6.07, 6.45) is 0. The monoisotopic (exact) mass is 277 g/mol. The number of fused-ring (bicyclic) bond motifs is 2. The first-order chi connectivity index (χ1) is 8.26. The molecule has 5 heteroatoms. The molecule has 0 fully saturated rings. The standard InChI is InChI=1S/C13H12N3S.ClH/c1-15-9-3-5-11-13(7-9)17-12-6-8(14)2-4-10(12)16-11;/h2-7,15H,14H2,1H3;1H/q+1;/p-1. The molecule has 1 heterocycles. The quantitative estimate of drug-likeness (QED) is 0.384. The number of hydrogen-bond donors (Lipinski definition) is 2. The van der Waals surface area contributed by atoms with E-state index in [1.165, 1.54) is 0 Å². The molecule has 0 bridgehead atoms. The largest absolute Gasteiger partial charge is 1.00 e. The normalized spacial score (nSPS) is 10.3. The van der Waals surface area contributed by atoms with Crippen LogP contribution in [0.2, 0.25) is 0 Å². The van der Waals surface area contributed by atoms with Crippen molar-refractivity contribution in [3.05, 3.63) is 36.4 Å². The summed E-state index contributed by atoms with van der Waals surface area (Å²) in [6, 6.07) is 12.0. The van der Waals surface area contributed by atoms with Crippen LogP contribution in [0.15, 0.2) is 36.4 Å². The van der Waals surface area contributed by atoms with Crippen molar-refractivity contribution in [3.8, 4) is 0 Å². The second kappa shape index (κ2) is 4.92. The van der Waals surface area contributed by atoms with Crippen LogP contribution in [0.3, 0.4) is 0 Å². The molecule has 3 N–H and O–H groups in total. The van der Waals surface area contributed by atoms with Crippen LogP contribution < -0.4 is 23.5 Å². The minimum absolute atomic E-state index is 0. The molecule has 0 atom stereocenters. The van der Waals surface area contributed by atoms with Gasteiger partial charge < -0.3 is 23.5 Å². The molecule has 0 saturated heterocycles. The molecule has 92 valence electrons. The second-order valence-corrected chi connectivity index (χ2v) is 4.96. The predicted octanol–water partition coefficient (Wildman–Crippen LogP) is 0.358. The summed E-state index contributed by atoms with van der Waals surface area (Å²) < 4.78 is 2.28. The van der Waals surface area contributed by atoms with Crippen LogP contribution >= 0.6 is 11.3 Å². The van der Waals surface area contributed by atoms with E-state index in [0.717, 1.165) is 31.8 Å². The first-order valence-electron chi connectivity index (χ1n) is 5.37. The zero-order chi connectivity index (χ0) is 11.8. The van der Waals surface area contributed by atoms with E-state index in [-0.39, 0.29) is 12.4 Å². The number of nitrogens with zero attached hydrogens (tertiary/aromatic N) is 1. The molecular weight excluding hydrogens is 266 g/mol. The van der Waals surface area contributed by atoms with E-state index >= 15 is 0 Å². The smallest absolute Gasteiger partial charge is 0.259 e. The number of nitrogens with one attached hydrogen (secondary N) is 1. The van der Waals surface area contributed by atoms with E-state index in [2.05, 4.69) is 16.4 Å². The Balaban J connectivity index is 0.00000120. The van der Waals surface area contributed by atoms with E-state index in [1.54, 1.807) is 11.3 Å². The van der Waals surface area contributed by atoms with Crippen molar-refractivity contribution in [3.63, 3.8) is 0 Å². The van der Waals surface area contributed by atoms with E-state index < -0.39 is 0 Å². The zero-order valence-corrected chi connectivity index (χ0v) is 11.3. The average Bonchev–Trinajstić information content (AvgIpc) is 2.35. The number of nitrogen functional groups attached to an aromatic ring is 1. The van der Waals surface area contributed by atoms with Crippen molar-refractivity contribution < 1.29 is 12.4 Å². The topological polar surface area (TPSA) is 50.9 Å². The molecular formula is C13H12ClN3S. The van der Waals surface area contributed by atoms with Crippen molar-refractivity contribution in [1.82, 2.24) is 4.98 Å². The molecule has 3 aromatic rings. The van der Waals surface area contributed by atoms with Crippen LogP contribution in [-0.2, 0) is 0 Å². The van der Waals surface area contributed by atoms with Crippen LogP contribution in [0.1, 0.15) is 0 Å². The number of rotatable bonds is 1. The lowest BCUT2D eigenvalue weighted by atomic mass is 10.3. The predicted molar refractivity (Wildman–Crippen MR) is 75.5 cm³/mol. The SMILES string of the molecule is CNc1ccc2nc3ccc(N)cc3[s+]c2c1.[Cl-]. The van der Waals surface area contributed by atoms with Gasteiger partial charge in [0.2, 0.25) is 11.3 Å². The van der Waals surface area contributed by atoms with Crippen molar-refractivity contribution in [2.75, 3.05) is 18.1 Å². The van der Waals surface area contributed by atoms with E-state index in [0.29, 0.717) is 0 Å². The van der Waals surface area contributed by atoms with Gasteiger partial charge in [-0.3, -0.25) is 0 Å². The molecule has 0 saturated carbocycles. The second-order valence-electron chi connectivity index (χ2n) is 3.87. The van der Waals surface area contributed by atoms with Crippen molar-refractivity contribution in [1.29, 1.82) is 0 Å². The number of hydrogen-bond acceptors (Lipinski definition) is 3. The lowest BCUT2D eigenvalue weighted by Crippen LogP contribution is -3.00. The van der Waals surface area contributed by atoms with Gasteiger partial charge in [-0.25, -0.2) is 4.98 Å². The van der Waals surface area contributed by atoms with Gasteiger partial charge >= 0.3 is 0 Å². The van der Waals surface area contributed by atoms with Crippen LogP contribution in [0, 0.1) is 0 Å². The van der Waals surface area contributed by atoms with Gasteiger partial charge in [-0.2, -0.15) is 0 Å². The average molecular weight is 278 g/mol. The third-order valence-corrected chi connectivity index (χ3v) is 3.79. The van der Waals surface area contributed by atoms with Crippen LogP contribution in [0.5, 0.6) is 0 Å². The maximum atomic E-state index is 5.79. The Bertz CT molecular complexity index is 715. The molecule has 18 heavy (non-hydrogen) atoms. The van der Waals surface area contributed by atoms with Gasteiger partial charge in [0.1, 0.15) is 11.0 Å². The maximum absolute atomic E-state index is 5.79. The van der Waals surface area contributed by atoms with E-state index in [1.807, 2.05) is 37.4 Å². The Hall–Kier alpha value is -1.65. The van der Waals surface area contributed by atoms with E-state index in [4.69, 9.17) is 5.73 Å². The van der Waals surface area contributed by atoms with Gasteiger partial charge in [-0.15, -0.1) is 0 Å². The van der Waals surface area contributed by atoms with Crippen molar-refractivity contribution in [2.45, 2.75) is 0 Å². The first kappa shape index (κ1) is 12.8. The molecule has 0 aliphatic carbocycles. The molecule has 2 aromatic carbocycles. The summed E-state index contributed by atoms with van der Waals surface area (Å²) in [5.74, 6) is 0. The van der Waals surface area contributed by atoms with Gasteiger partial charge in [0.25, 0.3) is 9.40 Å². The van der Waals surface area contributed by atoms with E-state index in [9.17, 15) is 0 Å². The molecule has 0 aliphatic rings. The number of benzene rings is 2. The summed E-state index contributed by atoms with van der Waals surface area (Å²) in [5, 5.41) is 3.13. The molecule has 0 unspecified atom stereocenters. The Morgan fingerprint density at radius 3 is 2.44 bits per heavy atom. The molecule has 0 amide bonds. The molecule has 3 nitrogen and oxygen atoms in total. The minimum Gasteiger partial charge on any atom is -1.00 e. The molecule has 1 aromatic heterocycles. The van der Waals surface area contributed by atoms with Gasteiger partial charge in [0.15, 0.2) is 0 Å². The van der Waals surface area contributed by atoms with Crippen LogP contribution in [0.4, 0.5) is 11.4 Å². The summed E-state index contributed by atoms with van der Waals surface area (Å²) >= 11 is 1.71. The van der Waals surface area contributed by atoms with Crippen molar-refractivity contribution in [2.24, 2.45) is 0 Å². The highest BCUT2D eigenvalue weighted by Crippen LogP contribution is 2.28. The fourth-order valence-corrected chi connectivity index (χ4v) is 2.85. The van der Waals surface area contributed by atoms with Gasteiger partial charge in [0, 0.05) is 30.6 Å². The highest BCUT2D eigenvalue weighted by Gasteiger charge is 2.12. The zero-order valence-electron chi connectivity index (χ0n) is 9.77. The van der Waals surface area contributed by atoms with Gasteiger partial charge in [-0.05, 0) is 24.3 Å². The first-order valence-corrected chi connectivity index (χ1v) is 6.19. The van der Waals surface area contributed by atoms with Gasteiger partial charge in [0.05, 0.1) is 0 Å². The Kier molecular flexibility index (Phi) is 3.50. The fraction of sp³-hybridized carbons (Fsp3) is 0.0769. The Morgan fingerprint density at radius 1 is 1.06 bits per heavy atom. The minimum atomic E-state index is 0. The number of aromatic nitrogens is 1. The molecule has 0 spiro atoms. The molecule has 0 aliphatic heterocycles. The lowest BCUT2D eigenvalue weighted by molar-refractivity contribution is -0.00000333. The lowest BCUT2D eigenvalue weighted by Gasteiger charge is -1.98. The highest BCUT2D eigenvalue weighted by atomic mass is 35.5. The number of nitrogens with two attached hydrogens (primary N) is 1. The third-order valence-electron chi connectivity index (χ3n) is 2.69. The maximum Gasteiger partial charge on any atom is 0.259 e. The summed E-state index contributed by atoms with van der Waals surface area (Å²) in [6.45, 7) is 0. The fourth-order valence-electron chi connectivity index (χ4n) is 1.80. The number of anilines is 2. The number of halogens is 1. The molecule has 3 rings (SSSR count). The van der Waals surface area contributed by atoms with Crippen LogP contribution in [-0.4, -0.2) is 12.0 Å². The van der Waals surface area contributed by atoms with Crippen LogP contribution in [0.25, 0.3) is 20.4 Å². The van der Waals surface area contributed by atoms with Gasteiger partial charge in [-0.1, -0.05) is 0 Å².